The second-order valence-corrected chi connectivity index (χ2v) is 5.23. The van der Waals surface area contributed by atoms with Gasteiger partial charge in [-0.1, -0.05) is 25.1 Å². The SMILES string of the molecule is CCC(Oc1ccccc1C)C(=O)NCCCn1ccnc1. The van der Waals surface area contributed by atoms with Gasteiger partial charge in [0.1, 0.15) is 5.75 Å². The summed E-state index contributed by atoms with van der Waals surface area (Å²) < 4.78 is 7.83. The van der Waals surface area contributed by atoms with E-state index in [2.05, 4.69) is 10.3 Å². The van der Waals surface area contributed by atoms with Crippen LogP contribution in [0.15, 0.2) is 43.0 Å². The lowest BCUT2D eigenvalue weighted by Gasteiger charge is -2.18. The van der Waals surface area contributed by atoms with Gasteiger partial charge in [0.15, 0.2) is 6.10 Å². The quantitative estimate of drug-likeness (QED) is 0.762. The number of ether oxygens (including phenoxy) is 1. The number of benzene rings is 1. The number of rotatable bonds is 8. The van der Waals surface area contributed by atoms with Crippen LogP contribution in [-0.4, -0.2) is 28.1 Å². The monoisotopic (exact) mass is 301 g/mol. The van der Waals surface area contributed by atoms with Crippen LogP contribution in [0.2, 0.25) is 0 Å². The van der Waals surface area contributed by atoms with Crippen LogP contribution in [0.5, 0.6) is 5.75 Å². The van der Waals surface area contributed by atoms with Gasteiger partial charge in [0.05, 0.1) is 6.33 Å². The molecule has 2 aromatic rings. The van der Waals surface area contributed by atoms with E-state index < -0.39 is 6.10 Å². The van der Waals surface area contributed by atoms with Gasteiger partial charge in [-0.3, -0.25) is 4.79 Å². The molecule has 0 bridgehead atoms. The Bertz CT molecular complexity index is 581. The van der Waals surface area contributed by atoms with E-state index in [1.54, 1.807) is 12.5 Å². The van der Waals surface area contributed by atoms with Gasteiger partial charge in [0, 0.05) is 25.5 Å². The van der Waals surface area contributed by atoms with Gasteiger partial charge in [-0.2, -0.15) is 0 Å². The highest BCUT2D eigenvalue weighted by Crippen LogP contribution is 2.18. The lowest BCUT2D eigenvalue weighted by Crippen LogP contribution is -2.38. The predicted molar refractivity (Wildman–Crippen MR) is 85.7 cm³/mol. The lowest BCUT2D eigenvalue weighted by atomic mass is 10.2. The van der Waals surface area contributed by atoms with Crippen LogP contribution in [0.3, 0.4) is 0 Å². The fourth-order valence-corrected chi connectivity index (χ4v) is 2.17. The van der Waals surface area contributed by atoms with Crippen molar-refractivity contribution < 1.29 is 9.53 Å². The average Bonchev–Trinajstić information content (AvgIpc) is 3.04. The maximum absolute atomic E-state index is 12.2. The molecular formula is C17H23N3O2. The Morgan fingerprint density at radius 3 is 2.91 bits per heavy atom. The van der Waals surface area contributed by atoms with Crippen LogP contribution < -0.4 is 10.1 Å². The molecule has 1 N–H and O–H groups in total. The minimum atomic E-state index is -0.450. The summed E-state index contributed by atoms with van der Waals surface area (Å²) in [5, 5.41) is 2.94. The number of aromatic nitrogens is 2. The first-order valence-corrected chi connectivity index (χ1v) is 7.66. The van der Waals surface area contributed by atoms with Crippen molar-refractivity contribution in [3.05, 3.63) is 48.5 Å². The van der Waals surface area contributed by atoms with E-state index in [0.717, 1.165) is 24.3 Å². The molecule has 0 aliphatic carbocycles. The molecule has 0 aliphatic rings. The van der Waals surface area contributed by atoms with Crippen molar-refractivity contribution in [1.29, 1.82) is 0 Å². The van der Waals surface area contributed by atoms with E-state index in [4.69, 9.17) is 4.74 Å². The van der Waals surface area contributed by atoms with Crippen molar-refractivity contribution in [2.24, 2.45) is 0 Å². The zero-order chi connectivity index (χ0) is 15.8. The Labute approximate surface area is 131 Å². The van der Waals surface area contributed by atoms with Crippen molar-refractivity contribution in [2.45, 2.75) is 39.3 Å². The molecule has 22 heavy (non-hydrogen) atoms. The molecule has 0 aliphatic heterocycles. The Kier molecular flexibility index (Phi) is 6.01. The molecule has 1 atom stereocenters. The summed E-state index contributed by atoms with van der Waals surface area (Å²) >= 11 is 0. The summed E-state index contributed by atoms with van der Waals surface area (Å²) in [6, 6.07) is 7.74. The molecule has 1 aromatic heterocycles. The number of nitrogens with zero attached hydrogens (tertiary/aromatic N) is 2. The van der Waals surface area contributed by atoms with Crippen LogP contribution in [0, 0.1) is 6.92 Å². The number of amides is 1. The lowest BCUT2D eigenvalue weighted by molar-refractivity contribution is -0.128. The smallest absolute Gasteiger partial charge is 0.261 e. The first kappa shape index (κ1) is 16.1. The molecule has 118 valence electrons. The number of hydrogen-bond acceptors (Lipinski definition) is 3. The van der Waals surface area contributed by atoms with E-state index in [0.29, 0.717) is 13.0 Å². The molecule has 0 spiro atoms. The molecular weight excluding hydrogens is 278 g/mol. The molecule has 0 radical (unpaired) electrons. The van der Waals surface area contributed by atoms with Crippen molar-refractivity contribution in [3.8, 4) is 5.75 Å². The summed E-state index contributed by atoms with van der Waals surface area (Å²) in [6.45, 7) is 5.40. The summed E-state index contributed by atoms with van der Waals surface area (Å²) in [6.07, 6.45) is 6.50. The van der Waals surface area contributed by atoms with E-state index in [1.807, 2.05) is 48.9 Å². The molecule has 1 amide bonds. The van der Waals surface area contributed by atoms with Crippen molar-refractivity contribution in [1.82, 2.24) is 14.9 Å². The third-order valence-corrected chi connectivity index (χ3v) is 3.48. The highest BCUT2D eigenvalue weighted by Gasteiger charge is 2.18. The van der Waals surface area contributed by atoms with Gasteiger partial charge in [0.2, 0.25) is 0 Å². The highest BCUT2D eigenvalue weighted by molar-refractivity contribution is 5.81. The van der Waals surface area contributed by atoms with Crippen molar-refractivity contribution in [3.63, 3.8) is 0 Å². The number of nitrogens with one attached hydrogen (secondary N) is 1. The van der Waals surface area contributed by atoms with Crippen LogP contribution in [-0.2, 0) is 11.3 Å². The van der Waals surface area contributed by atoms with Gasteiger partial charge >= 0.3 is 0 Å². The molecule has 2 rings (SSSR count). The van der Waals surface area contributed by atoms with E-state index in [1.165, 1.54) is 0 Å². The molecule has 1 unspecified atom stereocenters. The minimum Gasteiger partial charge on any atom is -0.480 e. The third kappa shape index (κ3) is 4.62. The zero-order valence-electron chi connectivity index (χ0n) is 13.2. The molecule has 1 heterocycles. The maximum Gasteiger partial charge on any atom is 0.261 e. The van der Waals surface area contributed by atoms with Crippen LogP contribution in [0.25, 0.3) is 0 Å². The van der Waals surface area contributed by atoms with Crippen molar-refractivity contribution >= 4 is 5.91 Å². The van der Waals surface area contributed by atoms with Gasteiger partial charge in [-0.05, 0) is 31.4 Å². The van der Waals surface area contributed by atoms with Gasteiger partial charge in [-0.25, -0.2) is 4.98 Å². The Balaban J connectivity index is 1.77. The molecule has 5 nitrogen and oxygen atoms in total. The average molecular weight is 301 g/mol. The number of carbonyl (C=O) groups excluding carboxylic acids is 1. The Morgan fingerprint density at radius 2 is 2.23 bits per heavy atom. The van der Waals surface area contributed by atoms with Crippen LogP contribution >= 0.6 is 0 Å². The summed E-state index contributed by atoms with van der Waals surface area (Å²) in [5.74, 6) is 0.708. The first-order chi connectivity index (χ1) is 10.7. The van der Waals surface area contributed by atoms with Gasteiger partial charge in [-0.15, -0.1) is 0 Å². The molecule has 0 fully saturated rings. The fourth-order valence-electron chi connectivity index (χ4n) is 2.17. The largest absolute Gasteiger partial charge is 0.480 e. The topological polar surface area (TPSA) is 56.1 Å². The highest BCUT2D eigenvalue weighted by atomic mass is 16.5. The number of para-hydroxylation sites is 1. The number of carbonyl (C=O) groups is 1. The summed E-state index contributed by atoms with van der Waals surface area (Å²) in [5.41, 5.74) is 1.04. The predicted octanol–water partition coefficient (Wildman–Crippen LogP) is 2.56. The molecule has 5 heteroatoms. The number of imidazole rings is 1. The Morgan fingerprint density at radius 1 is 1.41 bits per heavy atom. The van der Waals surface area contributed by atoms with Crippen molar-refractivity contribution in [2.75, 3.05) is 6.54 Å². The van der Waals surface area contributed by atoms with Gasteiger partial charge < -0.3 is 14.6 Å². The van der Waals surface area contributed by atoms with E-state index >= 15 is 0 Å². The molecule has 0 saturated heterocycles. The minimum absolute atomic E-state index is 0.0589. The number of hydrogen-bond donors (Lipinski definition) is 1. The normalized spacial score (nSPS) is 11.9. The van der Waals surface area contributed by atoms with Crippen LogP contribution in [0.1, 0.15) is 25.3 Å². The Hall–Kier alpha value is -2.30. The number of aryl methyl sites for hydroxylation is 2. The van der Waals surface area contributed by atoms with E-state index in [9.17, 15) is 4.79 Å². The summed E-state index contributed by atoms with van der Waals surface area (Å²) in [7, 11) is 0. The standard InChI is InChI=1S/C17H23N3O2/c1-3-15(22-16-8-5-4-7-14(16)2)17(21)19-9-6-11-20-12-10-18-13-20/h4-5,7-8,10,12-13,15H,3,6,9,11H2,1-2H3,(H,19,21). The second kappa shape index (κ2) is 8.22. The maximum atomic E-state index is 12.2. The fraction of sp³-hybridized carbons (Fsp3) is 0.412. The zero-order valence-corrected chi connectivity index (χ0v) is 13.2. The third-order valence-electron chi connectivity index (χ3n) is 3.48. The molecule has 1 aromatic carbocycles. The van der Waals surface area contributed by atoms with Crippen LogP contribution in [0.4, 0.5) is 0 Å². The van der Waals surface area contributed by atoms with E-state index in [-0.39, 0.29) is 5.91 Å². The molecule has 0 saturated carbocycles. The van der Waals surface area contributed by atoms with Gasteiger partial charge in [0.25, 0.3) is 5.91 Å². The second-order valence-electron chi connectivity index (χ2n) is 5.23. The first-order valence-electron chi connectivity index (χ1n) is 7.66. The summed E-state index contributed by atoms with van der Waals surface area (Å²) in [4.78, 5) is 16.2.